The second-order valence-electron chi connectivity index (χ2n) is 4.90. The van der Waals surface area contributed by atoms with E-state index >= 15 is 0 Å². The first kappa shape index (κ1) is 17.0. The minimum absolute atomic E-state index is 0.162. The van der Waals surface area contributed by atoms with Crippen molar-refractivity contribution in [1.29, 1.82) is 0 Å². The SMILES string of the molecule is CCc1nn(C)c(CC(NC)c2cc(Br)ccc2Br)c1Cl. The number of nitrogens with one attached hydrogen (secondary N) is 1. The molecule has 0 radical (unpaired) electrons. The number of aromatic nitrogens is 2. The molecular formula is C15H18Br2ClN3. The number of halogens is 3. The van der Waals surface area contributed by atoms with Crippen LogP contribution in [0.15, 0.2) is 27.1 Å². The summed E-state index contributed by atoms with van der Waals surface area (Å²) in [5.74, 6) is 0. The van der Waals surface area contributed by atoms with Crippen LogP contribution in [-0.4, -0.2) is 16.8 Å². The molecule has 3 nitrogen and oxygen atoms in total. The zero-order valence-corrected chi connectivity index (χ0v) is 16.2. The highest BCUT2D eigenvalue weighted by molar-refractivity contribution is 9.11. The van der Waals surface area contributed by atoms with Crippen LogP contribution < -0.4 is 5.32 Å². The topological polar surface area (TPSA) is 29.9 Å². The van der Waals surface area contributed by atoms with Crippen LogP contribution in [0, 0.1) is 0 Å². The Kier molecular flexibility index (Phi) is 5.88. The minimum Gasteiger partial charge on any atom is -0.313 e. The lowest BCUT2D eigenvalue weighted by atomic mass is 10.0. The van der Waals surface area contributed by atoms with E-state index in [4.69, 9.17) is 11.6 Å². The van der Waals surface area contributed by atoms with Gasteiger partial charge in [-0.15, -0.1) is 0 Å². The van der Waals surface area contributed by atoms with Crippen LogP contribution in [-0.2, 0) is 19.9 Å². The van der Waals surface area contributed by atoms with Crippen LogP contribution in [0.25, 0.3) is 0 Å². The predicted molar refractivity (Wildman–Crippen MR) is 94.9 cm³/mol. The molecule has 1 aromatic carbocycles. The molecule has 0 aliphatic heterocycles. The van der Waals surface area contributed by atoms with Crippen molar-refractivity contribution < 1.29 is 0 Å². The number of hydrogen-bond donors (Lipinski definition) is 1. The molecule has 0 saturated heterocycles. The van der Waals surface area contributed by atoms with E-state index in [1.807, 2.05) is 30.9 Å². The van der Waals surface area contributed by atoms with E-state index < -0.39 is 0 Å². The third kappa shape index (κ3) is 3.70. The molecule has 21 heavy (non-hydrogen) atoms. The Hall–Kier alpha value is -0.360. The molecule has 1 aromatic heterocycles. The molecule has 114 valence electrons. The van der Waals surface area contributed by atoms with Gasteiger partial charge in [-0.2, -0.15) is 5.10 Å². The fourth-order valence-corrected chi connectivity index (χ4v) is 3.66. The number of nitrogens with zero attached hydrogens (tertiary/aromatic N) is 2. The van der Waals surface area contributed by atoms with Gasteiger partial charge in [0, 0.05) is 28.5 Å². The molecule has 2 aromatic rings. The van der Waals surface area contributed by atoms with Crippen molar-refractivity contribution in [2.75, 3.05) is 7.05 Å². The van der Waals surface area contributed by atoms with Crippen LogP contribution in [0.5, 0.6) is 0 Å². The quantitative estimate of drug-likeness (QED) is 0.740. The summed E-state index contributed by atoms with van der Waals surface area (Å²) in [6, 6.07) is 6.35. The van der Waals surface area contributed by atoms with E-state index in [0.29, 0.717) is 0 Å². The number of benzene rings is 1. The zero-order chi connectivity index (χ0) is 15.6. The van der Waals surface area contributed by atoms with Crippen LogP contribution in [0.4, 0.5) is 0 Å². The highest BCUT2D eigenvalue weighted by atomic mass is 79.9. The first-order valence-electron chi connectivity index (χ1n) is 6.80. The molecule has 0 aliphatic carbocycles. The van der Waals surface area contributed by atoms with Gasteiger partial charge in [-0.25, -0.2) is 0 Å². The number of hydrogen-bond acceptors (Lipinski definition) is 2. The molecule has 0 spiro atoms. The predicted octanol–water partition coefficient (Wildman–Crippen LogP) is 4.66. The summed E-state index contributed by atoms with van der Waals surface area (Å²) >= 11 is 13.6. The second-order valence-corrected chi connectivity index (χ2v) is 7.04. The summed E-state index contributed by atoms with van der Waals surface area (Å²) in [4.78, 5) is 0. The molecule has 6 heteroatoms. The maximum Gasteiger partial charge on any atom is 0.0850 e. The summed E-state index contributed by atoms with van der Waals surface area (Å²) < 4.78 is 4.03. The third-order valence-corrected chi connectivity index (χ3v) is 5.23. The molecule has 0 fully saturated rings. The largest absolute Gasteiger partial charge is 0.313 e. The van der Waals surface area contributed by atoms with Gasteiger partial charge in [0.2, 0.25) is 0 Å². The van der Waals surface area contributed by atoms with Gasteiger partial charge in [0.05, 0.1) is 16.4 Å². The van der Waals surface area contributed by atoms with Gasteiger partial charge in [-0.3, -0.25) is 4.68 Å². The average Bonchev–Trinajstić information content (AvgIpc) is 2.74. The molecule has 0 saturated carbocycles. The Morgan fingerprint density at radius 3 is 2.67 bits per heavy atom. The van der Waals surface area contributed by atoms with E-state index in [9.17, 15) is 0 Å². The van der Waals surface area contributed by atoms with E-state index in [-0.39, 0.29) is 6.04 Å². The maximum absolute atomic E-state index is 6.46. The number of rotatable bonds is 5. The normalized spacial score (nSPS) is 12.7. The fourth-order valence-electron chi connectivity index (χ4n) is 2.38. The molecule has 0 aliphatic rings. The van der Waals surface area contributed by atoms with Gasteiger partial charge < -0.3 is 5.32 Å². The molecular weight excluding hydrogens is 417 g/mol. The highest BCUT2D eigenvalue weighted by Crippen LogP contribution is 2.31. The van der Waals surface area contributed by atoms with Crippen LogP contribution in [0.1, 0.15) is 29.9 Å². The summed E-state index contributed by atoms with van der Waals surface area (Å²) in [5.41, 5.74) is 3.21. The maximum atomic E-state index is 6.46. The summed E-state index contributed by atoms with van der Waals surface area (Å²) in [6.45, 7) is 2.07. The number of likely N-dealkylation sites (N-methyl/N-ethyl adjacent to an activating group) is 1. The Labute approximate surface area is 147 Å². The van der Waals surface area contributed by atoms with E-state index in [1.54, 1.807) is 0 Å². The van der Waals surface area contributed by atoms with Crippen molar-refractivity contribution in [2.45, 2.75) is 25.8 Å². The van der Waals surface area contributed by atoms with Gasteiger partial charge in [-0.1, -0.05) is 50.4 Å². The third-order valence-electron chi connectivity index (χ3n) is 3.58. The van der Waals surface area contributed by atoms with Crippen LogP contribution in [0.2, 0.25) is 5.02 Å². The lowest BCUT2D eigenvalue weighted by Crippen LogP contribution is -2.20. The van der Waals surface area contributed by atoms with Crippen molar-refractivity contribution in [3.8, 4) is 0 Å². The van der Waals surface area contributed by atoms with Crippen molar-refractivity contribution in [3.63, 3.8) is 0 Å². The highest BCUT2D eigenvalue weighted by Gasteiger charge is 2.20. The van der Waals surface area contributed by atoms with Gasteiger partial charge in [0.15, 0.2) is 0 Å². The first-order valence-corrected chi connectivity index (χ1v) is 8.76. The fraction of sp³-hybridized carbons (Fsp3) is 0.400. The Balaban J connectivity index is 2.36. The minimum atomic E-state index is 0.162. The molecule has 1 unspecified atom stereocenters. The van der Waals surface area contributed by atoms with Crippen molar-refractivity contribution in [3.05, 3.63) is 49.1 Å². The van der Waals surface area contributed by atoms with Crippen LogP contribution in [0.3, 0.4) is 0 Å². The lowest BCUT2D eigenvalue weighted by molar-refractivity contribution is 0.559. The van der Waals surface area contributed by atoms with Crippen LogP contribution >= 0.6 is 43.5 Å². The molecule has 1 N–H and O–H groups in total. The second kappa shape index (κ2) is 7.27. The first-order chi connectivity index (χ1) is 9.97. The molecule has 1 heterocycles. The molecule has 0 bridgehead atoms. The van der Waals surface area contributed by atoms with Crippen molar-refractivity contribution in [1.82, 2.24) is 15.1 Å². The van der Waals surface area contributed by atoms with Gasteiger partial charge >= 0.3 is 0 Å². The lowest BCUT2D eigenvalue weighted by Gasteiger charge is -2.19. The smallest absolute Gasteiger partial charge is 0.0850 e. The molecule has 0 amide bonds. The van der Waals surface area contributed by atoms with E-state index in [2.05, 4.69) is 55.3 Å². The Morgan fingerprint density at radius 1 is 1.38 bits per heavy atom. The van der Waals surface area contributed by atoms with E-state index in [1.165, 1.54) is 5.56 Å². The van der Waals surface area contributed by atoms with E-state index in [0.717, 1.165) is 38.2 Å². The van der Waals surface area contributed by atoms with Gasteiger partial charge in [-0.05, 0) is 37.2 Å². The Morgan fingerprint density at radius 2 is 2.10 bits per heavy atom. The zero-order valence-electron chi connectivity index (χ0n) is 12.3. The molecule has 1 atom stereocenters. The monoisotopic (exact) mass is 433 g/mol. The number of aryl methyl sites for hydroxylation is 2. The Bertz CT molecular complexity index is 640. The standard InChI is InChI=1S/C15H18Br2ClN3/c1-4-12-15(18)14(21(3)20-12)8-13(19-2)10-7-9(16)5-6-11(10)17/h5-7,13,19H,4,8H2,1-3H3. The van der Waals surface area contributed by atoms with Gasteiger partial charge in [0.1, 0.15) is 0 Å². The van der Waals surface area contributed by atoms with Crippen molar-refractivity contribution >= 4 is 43.5 Å². The average molecular weight is 436 g/mol. The molecule has 2 rings (SSSR count). The summed E-state index contributed by atoms with van der Waals surface area (Å²) in [5, 5.41) is 8.64. The summed E-state index contributed by atoms with van der Waals surface area (Å²) in [7, 11) is 3.91. The van der Waals surface area contributed by atoms with Gasteiger partial charge in [0.25, 0.3) is 0 Å². The van der Waals surface area contributed by atoms with Crippen molar-refractivity contribution in [2.24, 2.45) is 7.05 Å². The summed E-state index contributed by atoms with van der Waals surface area (Å²) in [6.07, 6.45) is 1.63.